The van der Waals surface area contributed by atoms with Crippen molar-refractivity contribution in [2.45, 2.75) is 6.92 Å². The fourth-order valence-corrected chi connectivity index (χ4v) is 0. The Labute approximate surface area is 119 Å². The Morgan fingerprint density at radius 2 is 0.812 bits per heavy atom. The number of nitrogens with zero attached hydrogens (tertiary/aromatic N) is 3. The van der Waals surface area contributed by atoms with Gasteiger partial charge in [0.15, 0.2) is 0 Å². The summed E-state index contributed by atoms with van der Waals surface area (Å²) in [5.41, 5.74) is 0. The van der Waals surface area contributed by atoms with Crippen LogP contribution in [0.1, 0.15) is 6.92 Å². The SMILES string of the molecule is CCO.O=[N+]([O-])[O-].O=[N+]([O-])[O-].O=[N+]([O-])[O-].[Gd+3]. The molecule has 13 nitrogen and oxygen atoms in total. The average molecular weight is 389 g/mol. The van der Waals surface area contributed by atoms with Crippen LogP contribution in [0.2, 0.25) is 0 Å². The molecule has 14 heteroatoms. The normalized spacial score (nSPS) is 5.62. The van der Waals surface area contributed by atoms with E-state index in [9.17, 15) is 0 Å². The third-order valence-electron chi connectivity index (χ3n) is 0. The van der Waals surface area contributed by atoms with E-state index in [2.05, 4.69) is 0 Å². The number of rotatable bonds is 0. The van der Waals surface area contributed by atoms with Crippen molar-refractivity contribution >= 4 is 0 Å². The predicted molar refractivity (Wildman–Crippen MR) is 43.8 cm³/mol. The number of hydrogen-bond donors (Lipinski definition) is 1. The molecule has 0 aliphatic carbocycles. The summed E-state index contributed by atoms with van der Waals surface area (Å²) in [6.45, 7) is 1.93. The van der Waals surface area contributed by atoms with Gasteiger partial charge < -0.3 is 51.1 Å². The van der Waals surface area contributed by atoms with Gasteiger partial charge in [-0.1, -0.05) is 0 Å². The first-order valence-electron chi connectivity index (χ1n) is 2.67. The van der Waals surface area contributed by atoms with Crippen LogP contribution in [0.25, 0.3) is 0 Å². The average Bonchev–Trinajstić information content (AvgIpc) is 1.81. The fraction of sp³-hybridized carbons (Fsp3) is 1.00. The minimum Gasteiger partial charge on any atom is -0.397 e. The zero-order valence-corrected chi connectivity index (χ0v) is 9.79. The molecule has 0 rings (SSSR count). The monoisotopic (exact) mass is 390 g/mol. The maximum absolute atomic E-state index is 8.25. The summed E-state index contributed by atoms with van der Waals surface area (Å²) in [7, 11) is 0. The molecule has 0 saturated carbocycles. The van der Waals surface area contributed by atoms with Gasteiger partial charge in [0.1, 0.15) is 0 Å². The van der Waals surface area contributed by atoms with E-state index < -0.39 is 15.3 Å². The molecule has 0 spiro atoms. The number of hydrogen-bond acceptors (Lipinski definition) is 10. The largest absolute Gasteiger partial charge is 3.00 e. The van der Waals surface area contributed by atoms with Gasteiger partial charge in [0.05, 0.1) is 15.3 Å². The summed E-state index contributed by atoms with van der Waals surface area (Å²) in [5.74, 6) is 0. The summed E-state index contributed by atoms with van der Waals surface area (Å²) in [6, 6.07) is 0. The third kappa shape index (κ3) is 1460. The Morgan fingerprint density at radius 3 is 0.812 bits per heavy atom. The molecular weight excluding hydrogens is 383 g/mol. The molecule has 0 aromatic heterocycles. The molecule has 0 amide bonds. The van der Waals surface area contributed by atoms with Gasteiger partial charge in [0.2, 0.25) is 0 Å². The van der Waals surface area contributed by atoms with Crippen molar-refractivity contribution < 1.29 is 60.3 Å². The Balaban J connectivity index is -0.0000000331. The Hall–Kier alpha value is -1.12. The maximum atomic E-state index is 8.25. The van der Waals surface area contributed by atoms with E-state index >= 15 is 0 Å². The molecule has 0 aliphatic rings. The first-order chi connectivity index (χ1) is 6.61. The second-order valence-corrected chi connectivity index (χ2v) is 0.987. The Kier molecular flexibility index (Phi) is 53.6. The van der Waals surface area contributed by atoms with E-state index in [1.807, 2.05) is 0 Å². The topological polar surface area (TPSA) is 219 Å². The molecule has 97 valence electrons. The van der Waals surface area contributed by atoms with Crippen LogP contribution in [0, 0.1) is 85.9 Å². The standard InChI is InChI=1S/C2H6O.Gd.3NO3/c1-2-3;;3*2-1(3)4/h3H,2H2,1H3;;;;/q;+3;3*-1. The van der Waals surface area contributed by atoms with Gasteiger partial charge in [0, 0.05) is 6.61 Å². The molecule has 0 atom stereocenters. The van der Waals surface area contributed by atoms with Gasteiger partial charge in [0.25, 0.3) is 0 Å². The molecular formula is C2H6GdN3O10. The van der Waals surface area contributed by atoms with E-state index in [1.54, 1.807) is 6.92 Å². The van der Waals surface area contributed by atoms with Crippen molar-refractivity contribution in [3.05, 3.63) is 46.0 Å². The van der Waals surface area contributed by atoms with Crippen molar-refractivity contribution in [2.75, 3.05) is 6.61 Å². The Bertz CT molecular complexity index is 133. The van der Waals surface area contributed by atoms with Crippen LogP contribution in [0.4, 0.5) is 0 Å². The predicted octanol–water partition coefficient (Wildman–Crippen LogP) is -0.719. The van der Waals surface area contributed by atoms with Crippen LogP contribution in [-0.2, 0) is 0 Å². The summed E-state index contributed by atoms with van der Waals surface area (Å²) in [5, 5.41) is 51.8. The van der Waals surface area contributed by atoms with Gasteiger partial charge in [-0.3, -0.25) is 0 Å². The van der Waals surface area contributed by atoms with Crippen molar-refractivity contribution in [1.82, 2.24) is 0 Å². The minimum absolute atomic E-state index is 0. The zero-order chi connectivity index (χ0) is 13.4. The van der Waals surface area contributed by atoms with Crippen molar-refractivity contribution in [2.24, 2.45) is 0 Å². The van der Waals surface area contributed by atoms with E-state index in [0.29, 0.717) is 0 Å². The van der Waals surface area contributed by atoms with Gasteiger partial charge in [-0.25, -0.2) is 0 Å². The molecule has 0 fully saturated rings. The minimum atomic E-state index is -1.75. The second-order valence-electron chi connectivity index (χ2n) is 0.987. The molecule has 0 aromatic rings. The maximum Gasteiger partial charge on any atom is 3.00 e. The molecule has 0 saturated heterocycles. The summed E-state index contributed by atoms with van der Waals surface area (Å²) in [4.78, 5) is 24.8. The van der Waals surface area contributed by atoms with Crippen LogP contribution in [0.5, 0.6) is 0 Å². The fourth-order valence-electron chi connectivity index (χ4n) is 0. The van der Waals surface area contributed by atoms with Crippen molar-refractivity contribution in [3.63, 3.8) is 0 Å². The van der Waals surface area contributed by atoms with Crippen molar-refractivity contribution in [3.8, 4) is 0 Å². The molecule has 0 aliphatic heterocycles. The summed E-state index contributed by atoms with van der Waals surface area (Å²) in [6.07, 6.45) is 0. The van der Waals surface area contributed by atoms with Crippen LogP contribution in [0.3, 0.4) is 0 Å². The van der Waals surface area contributed by atoms with Gasteiger partial charge in [-0.15, -0.1) is 0 Å². The van der Waals surface area contributed by atoms with Gasteiger partial charge in [-0.05, 0) is 6.92 Å². The molecule has 0 bridgehead atoms. The van der Waals surface area contributed by atoms with Crippen molar-refractivity contribution in [1.29, 1.82) is 0 Å². The van der Waals surface area contributed by atoms with Crippen LogP contribution in [0.15, 0.2) is 0 Å². The number of aliphatic hydroxyl groups excluding tert-OH is 1. The smallest absolute Gasteiger partial charge is 0.397 e. The Morgan fingerprint density at radius 1 is 0.812 bits per heavy atom. The van der Waals surface area contributed by atoms with E-state index in [0.717, 1.165) is 0 Å². The first kappa shape index (κ1) is 29.4. The van der Waals surface area contributed by atoms with Crippen LogP contribution in [-0.4, -0.2) is 27.0 Å². The second kappa shape index (κ2) is 29.2. The van der Waals surface area contributed by atoms with Gasteiger partial charge >= 0.3 is 39.9 Å². The molecule has 1 radical (unpaired) electrons. The first-order valence-corrected chi connectivity index (χ1v) is 2.67. The van der Waals surface area contributed by atoms with E-state index in [1.165, 1.54) is 0 Å². The molecule has 16 heavy (non-hydrogen) atoms. The zero-order valence-electron chi connectivity index (χ0n) is 7.52. The quantitative estimate of drug-likeness (QED) is 0.404. The molecule has 0 aromatic carbocycles. The molecule has 0 heterocycles. The van der Waals surface area contributed by atoms with E-state index in [4.69, 9.17) is 51.1 Å². The number of aliphatic hydroxyl groups is 1. The third-order valence-corrected chi connectivity index (χ3v) is 0. The molecule has 1 N–H and O–H groups in total. The van der Waals surface area contributed by atoms with Crippen LogP contribution >= 0.6 is 0 Å². The summed E-state index contributed by atoms with van der Waals surface area (Å²) < 4.78 is 0. The van der Waals surface area contributed by atoms with Gasteiger partial charge in [-0.2, -0.15) is 0 Å². The van der Waals surface area contributed by atoms with E-state index in [-0.39, 0.29) is 46.5 Å². The summed E-state index contributed by atoms with van der Waals surface area (Å²) >= 11 is 0. The van der Waals surface area contributed by atoms with Crippen LogP contribution < -0.4 is 0 Å². The molecule has 0 unspecified atom stereocenters.